The Morgan fingerprint density at radius 2 is 2.47 bits per heavy atom. The van der Waals surface area contributed by atoms with Crippen LogP contribution in [-0.2, 0) is 6.42 Å². The summed E-state index contributed by atoms with van der Waals surface area (Å²) in [5.41, 5.74) is 2.78. The molecular weight excluding hydrogens is 202 g/mol. The molecule has 1 aliphatic heterocycles. The van der Waals surface area contributed by atoms with Crippen molar-refractivity contribution >= 4 is 11.8 Å². The molecule has 1 aromatic rings. The van der Waals surface area contributed by atoms with Crippen LogP contribution in [0.2, 0.25) is 0 Å². The van der Waals surface area contributed by atoms with Crippen molar-refractivity contribution in [2.24, 2.45) is 0 Å². The molecule has 1 atom stereocenters. The fourth-order valence-electron chi connectivity index (χ4n) is 2.02. The van der Waals surface area contributed by atoms with Crippen molar-refractivity contribution in [3.05, 3.63) is 29.6 Å². The highest BCUT2D eigenvalue weighted by molar-refractivity contribution is 7.99. The standard InChI is InChI=1S/C13H19NS/c1-2-3-5-11-7-8-14-12(10-11)13-6-4-9-15-13/h7-8,10,13H,2-6,9H2,1H3. The third-order valence-corrected chi connectivity index (χ3v) is 4.33. The first kappa shape index (κ1) is 11.0. The van der Waals surface area contributed by atoms with Gasteiger partial charge in [-0.15, -0.1) is 0 Å². The van der Waals surface area contributed by atoms with E-state index in [1.807, 2.05) is 6.20 Å². The van der Waals surface area contributed by atoms with E-state index < -0.39 is 0 Å². The van der Waals surface area contributed by atoms with Crippen molar-refractivity contribution in [2.45, 2.75) is 44.3 Å². The van der Waals surface area contributed by atoms with Gasteiger partial charge in [0.25, 0.3) is 0 Å². The molecule has 1 nitrogen and oxygen atoms in total. The number of aryl methyl sites for hydroxylation is 1. The maximum absolute atomic E-state index is 4.51. The summed E-state index contributed by atoms with van der Waals surface area (Å²) in [6.07, 6.45) is 8.44. The van der Waals surface area contributed by atoms with Gasteiger partial charge < -0.3 is 0 Å². The van der Waals surface area contributed by atoms with E-state index in [4.69, 9.17) is 0 Å². The molecule has 2 heteroatoms. The number of hydrogen-bond acceptors (Lipinski definition) is 2. The first-order valence-electron chi connectivity index (χ1n) is 5.96. The van der Waals surface area contributed by atoms with Crippen molar-refractivity contribution < 1.29 is 0 Å². The molecule has 2 rings (SSSR count). The summed E-state index contributed by atoms with van der Waals surface area (Å²) in [5, 5.41) is 0.673. The van der Waals surface area contributed by atoms with E-state index >= 15 is 0 Å². The van der Waals surface area contributed by atoms with Gasteiger partial charge >= 0.3 is 0 Å². The molecular formula is C13H19NS. The fraction of sp³-hybridized carbons (Fsp3) is 0.615. The molecule has 1 aromatic heterocycles. The summed E-state index contributed by atoms with van der Waals surface area (Å²) in [4.78, 5) is 4.51. The van der Waals surface area contributed by atoms with Gasteiger partial charge in [0.05, 0.1) is 5.69 Å². The highest BCUT2D eigenvalue weighted by Crippen LogP contribution is 2.38. The second-order valence-electron chi connectivity index (χ2n) is 4.19. The van der Waals surface area contributed by atoms with Gasteiger partial charge in [-0.25, -0.2) is 0 Å². The molecule has 1 saturated heterocycles. The van der Waals surface area contributed by atoms with Crippen LogP contribution in [-0.4, -0.2) is 10.7 Å². The number of thioether (sulfide) groups is 1. The van der Waals surface area contributed by atoms with Crippen LogP contribution in [0, 0.1) is 0 Å². The van der Waals surface area contributed by atoms with Gasteiger partial charge in [-0.05, 0) is 49.1 Å². The van der Waals surface area contributed by atoms with Crippen LogP contribution in [0.1, 0.15) is 49.1 Å². The average Bonchev–Trinajstić information content (AvgIpc) is 2.80. The van der Waals surface area contributed by atoms with Crippen LogP contribution in [0.25, 0.3) is 0 Å². The number of aromatic nitrogens is 1. The predicted octanol–water partition coefficient (Wildman–Crippen LogP) is 3.99. The van der Waals surface area contributed by atoms with E-state index in [9.17, 15) is 0 Å². The van der Waals surface area contributed by atoms with Gasteiger partial charge in [0.1, 0.15) is 0 Å². The van der Waals surface area contributed by atoms with Gasteiger partial charge in [0.2, 0.25) is 0 Å². The van der Waals surface area contributed by atoms with E-state index in [-0.39, 0.29) is 0 Å². The molecule has 0 radical (unpaired) electrons. The van der Waals surface area contributed by atoms with Crippen molar-refractivity contribution in [1.82, 2.24) is 4.98 Å². The molecule has 2 heterocycles. The number of pyridine rings is 1. The number of nitrogens with zero attached hydrogens (tertiary/aromatic N) is 1. The number of hydrogen-bond donors (Lipinski definition) is 0. The van der Waals surface area contributed by atoms with Crippen molar-refractivity contribution in [3.63, 3.8) is 0 Å². The first-order valence-corrected chi connectivity index (χ1v) is 7.01. The van der Waals surface area contributed by atoms with E-state index in [1.54, 1.807) is 0 Å². The van der Waals surface area contributed by atoms with Gasteiger partial charge in [0, 0.05) is 11.4 Å². The zero-order valence-corrected chi connectivity index (χ0v) is 10.2. The Hall–Kier alpha value is -0.500. The van der Waals surface area contributed by atoms with E-state index in [0.29, 0.717) is 5.25 Å². The molecule has 0 amide bonds. The van der Waals surface area contributed by atoms with Crippen LogP contribution in [0.4, 0.5) is 0 Å². The van der Waals surface area contributed by atoms with Crippen LogP contribution < -0.4 is 0 Å². The molecule has 0 saturated carbocycles. The zero-order chi connectivity index (χ0) is 10.5. The molecule has 1 unspecified atom stereocenters. The Labute approximate surface area is 96.7 Å². The van der Waals surface area contributed by atoms with Crippen LogP contribution in [0.5, 0.6) is 0 Å². The Morgan fingerprint density at radius 3 is 3.20 bits per heavy atom. The Balaban J connectivity index is 2.04. The van der Waals surface area contributed by atoms with Gasteiger partial charge in [-0.3, -0.25) is 4.98 Å². The molecule has 1 fully saturated rings. The molecule has 82 valence electrons. The monoisotopic (exact) mass is 221 g/mol. The van der Waals surface area contributed by atoms with Gasteiger partial charge in [-0.1, -0.05) is 13.3 Å². The lowest BCUT2D eigenvalue weighted by Crippen LogP contribution is -1.95. The van der Waals surface area contributed by atoms with Crippen LogP contribution in [0.15, 0.2) is 18.3 Å². The lowest BCUT2D eigenvalue weighted by atomic mass is 10.1. The summed E-state index contributed by atoms with van der Waals surface area (Å²) in [7, 11) is 0. The van der Waals surface area contributed by atoms with Crippen LogP contribution >= 0.6 is 11.8 Å². The minimum absolute atomic E-state index is 0.673. The van der Waals surface area contributed by atoms with Crippen molar-refractivity contribution in [3.8, 4) is 0 Å². The third-order valence-electron chi connectivity index (χ3n) is 2.92. The predicted molar refractivity (Wildman–Crippen MR) is 67.3 cm³/mol. The minimum atomic E-state index is 0.673. The molecule has 0 bridgehead atoms. The lowest BCUT2D eigenvalue weighted by molar-refractivity contribution is 0.779. The van der Waals surface area contributed by atoms with Crippen molar-refractivity contribution in [1.29, 1.82) is 0 Å². The maximum atomic E-state index is 4.51. The smallest absolute Gasteiger partial charge is 0.0536 e. The lowest BCUT2D eigenvalue weighted by Gasteiger charge is -2.09. The molecule has 0 N–H and O–H groups in total. The first-order chi connectivity index (χ1) is 7.40. The highest BCUT2D eigenvalue weighted by Gasteiger charge is 2.18. The summed E-state index contributed by atoms with van der Waals surface area (Å²) >= 11 is 2.07. The topological polar surface area (TPSA) is 12.9 Å². The second kappa shape index (κ2) is 5.55. The summed E-state index contributed by atoms with van der Waals surface area (Å²) < 4.78 is 0. The Morgan fingerprint density at radius 1 is 1.53 bits per heavy atom. The molecule has 0 spiro atoms. The molecule has 0 aromatic carbocycles. The summed E-state index contributed by atoms with van der Waals surface area (Å²) in [5.74, 6) is 1.31. The van der Waals surface area contributed by atoms with E-state index in [1.165, 1.54) is 49.1 Å². The van der Waals surface area contributed by atoms with Crippen molar-refractivity contribution in [2.75, 3.05) is 5.75 Å². The Bertz CT molecular complexity index is 305. The largest absolute Gasteiger partial charge is 0.260 e. The average molecular weight is 221 g/mol. The van der Waals surface area contributed by atoms with E-state index in [0.717, 1.165) is 0 Å². The van der Waals surface area contributed by atoms with Gasteiger partial charge in [0.15, 0.2) is 0 Å². The normalized spacial score (nSPS) is 20.7. The third kappa shape index (κ3) is 2.97. The SMILES string of the molecule is CCCCc1ccnc(C2CCCS2)c1. The number of rotatable bonds is 4. The summed E-state index contributed by atoms with van der Waals surface area (Å²) in [6.45, 7) is 2.24. The second-order valence-corrected chi connectivity index (χ2v) is 5.50. The fourth-order valence-corrected chi connectivity index (χ4v) is 3.27. The quantitative estimate of drug-likeness (QED) is 0.762. The molecule has 1 aliphatic rings. The zero-order valence-electron chi connectivity index (χ0n) is 9.41. The van der Waals surface area contributed by atoms with E-state index in [2.05, 4.69) is 35.8 Å². The molecule has 0 aliphatic carbocycles. The molecule has 15 heavy (non-hydrogen) atoms. The minimum Gasteiger partial charge on any atom is -0.260 e. The van der Waals surface area contributed by atoms with Crippen LogP contribution in [0.3, 0.4) is 0 Å². The van der Waals surface area contributed by atoms with Gasteiger partial charge in [-0.2, -0.15) is 11.8 Å². The number of unbranched alkanes of at least 4 members (excludes halogenated alkanes) is 1. The Kier molecular flexibility index (Phi) is 4.07. The summed E-state index contributed by atoms with van der Waals surface area (Å²) in [6, 6.07) is 4.48. The maximum Gasteiger partial charge on any atom is 0.0536 e. The highest BCUT2D eigenvalue weighted by atomic mass is 32.2.